The van der Waals surface area contributed by atoms with Gasteiger partial charge in [-0.2, -0.15) is 0 Å². The predicted molar refractivity (Wildman–Crippen MR) is 85.0 cm³/mol. The Morgan fingerprint density at radius 3 is 2.32 bits per heavy atom. The Balaban J connectivity index is 2.57. The van der Waals surface area contributed by atoms with Gasteiger partial charge in [0.15, 0.2) is 6.10 Å². The van der Waals surface area contributed by atoms with Crippen LogP contribution in [0.15, 0.2) is 54.5 Å². The van der Waals surface area contributed by atoms with Gasteiger partial charge in [0.2, 0.25) is 0 Å². The van der Waals surface area contributed by atoms with Crippen molar-refractivity contribution in [3.8, 4) is 5.75 Å². The molecule has 0 aliphatic heterocycles. The van der Waals surface area contributed by atoms with Crippen LogP contribution in [0, 0.1) is 0 Å². The first-order valence-electron chi connectivity index (χ1n) is 6.48. The molecular weight excluding hydrogens is 304 g/mol. The number of hydrogen-bond donors (Lipinski definition) is 0. The first kappa shape index (κ1) is 17.8. The van der Waals surface area contributed by atoms with E-state index in [-0.39, 0.29) is 13.2 Å². The van der Waals surface area contributed by atoms with Gasteiger partial charge in [0.25, 0.3) is 0 Å². The summed E-state index contributed by atoms with van der Waals surface area (Å²) in [5.41, 5.74) is 0. The molecule has 0 bridgehead atoms. The second-order valence-electron chi connectivity index (χ2n) is 4.08. The highest BCUT2D eigenvalue weighted by molar-refractivity contribution is 7.98. The molecule has 118 valence electrons. The number of carbonyl (C=O) groups excluding carboxylic acids is 2. The Bertz CT molecular complexity index is 524. The molecule has 1 rings (SSSR count). The van der Waals surface area contributed by atoms with Crippen LogP contribution in [0.2, 0.25) is 0 Å². The highest BCUT2D eigenvalue weighted by Gasteiger charge is 2.16. The minimum atomic E-state index is -0.727. The molecule has 1 aromatic rings. The largest absolute Gasteiger partial charge is 0.490 e. The van der Waals surface area contributed by atoms with Crippen molar-refractivity contribution in [1.29, 1.82) is 0 Å². The van der Waals surface area contributed by atoms with Gasteiger partial charge >= 0.3 is 11.9 Å². The van der Waals surface area contributed by atoms with Crippen molar-refractivity contribution >= 4 is 23.7 Å². The molecular formula is C16H18O5S. The van der Waals surface area contributed by atoms with E-state index >= 15 is 0 Å². The number of hydrogen-bond acceptors (Lipinski definition) is 6. The zero-order chi connectivity index (χ0) is 16.4. The fourth-order valence-electron chi connectivity index (χ4n) is 1.42. The zero-order valence-electron chi connectivity index (χ0n) is 12.3. The van der Waals surface area contributed by atoms with Crippen LogP contribution in [0.25, 0.3) is 0 Å². The molecule has 0 saturated carbocycles. The first-order valence-corrected chi connectivity index (χ1v) is 7.70. The lowest BCUT2D eigenvalue weighted by molar-refractivity contribution is -0.154. The highest BCUT2D eigenvalue weighted by atomic mass is 32.2. The minimum absolute atomic E-state index is 0.0582. The summed E-state index contributed by atoms with van der Waals surface area (Å²) in [5.74, 6) is -0.572. The Morgan fingerprint density at radius 2 is 1.77 bits per heavy atom. The predicted octanol–water partition coefficient (Wildman–Crippen LogP) is 2.61. The Kier molecular flexibility index (Phi) is 7.85. The average Bonchev–Trinajstić information content (AvgIpc) is 2.57. The van der Waals surface area contributed by atoms with Crippen LogP contribution in [0.4, 0.5) is 0 Å². The van der Waals surface area contributed by atoms with E-state index < -0.39 is 18.0 Å². The molecule has 1 aromatic carbocycles. The fraction of sp³-hybridized carbons (Fsp3) is 0.250. The lowest BCUT2D eigenvalue weighted by Crippen LogP contribution is -2.30. The van der Waals surface area contributed by atoms with Gasteiger partial charge in [0.05, 0.1) is 0 Å². The lowest BCUT2D eigenvalue weighted by Gasteiger charge is -2.17. The molecule has 0 aliphatic carbocycles. The molecule has 1 unspecified atom stereocenters. The summed E-state index contributed by atoms with van der Waals surface area (Å²) >= 11 is 1.62. The number of rotatable bonds is 9. The molecule has 5 nitrogen and oxygen atoms in total. The van der Waals surface area contributed by atoms with Crippen molar-refractivity contribution in [2.24, 2.45) is 0 Å². The van der Waals surface area contributed by atoms with Crippen molar-refractivity contribution in [2.75, 3.05) is 19.5 Å². The Morgan fingerprint density at radius 1 is 1.14 bits per heavy atom. The average molecular weight is 322 g/mol. The molecule has 0 N–H and O–H groups in total. The van der Waals surface area contributed by atoms with Gasteiger partial charge in [0.1, 0.15) is 19.0 Å². The van der Waals surface area contributed by atoms with Crippen molar-refractivity contribution in [1.82, 2.24) is 0 Å². The van der Waals surface area contributed by atoms with Crippen LogP contribution in [-0.4, -0.2) is 37.5 Å². The van der Waals surface area contributed by atoms with E-state index in [1.807, 2.05) is 30.5 Å². The Labute approximate surface area is 133 Å². The van der Waals surface area contributed by atoms with Gasteiger partial charge in [-0.15, -0.1) is 11.8 Å². The second-order valence-corrected chi connectivity index (χ2v) is 4.96. The SMILES string of the molecule is C=CC(=O)OCC(COc1ccc(SC)cc1)OC(=O)C=C. The van der Waals surface area contributed by atoms with Gasteiger partial charge in [-0.3, -0.25) is 0 Å². The number of thioether (sulfide) groups is 1. The van der Waals surface area contributed by atoms with Gasteiger partial charge < -0.3 is 14.2 Å². The lowest BCUT2D eigenvalue weighted by atomic mass is 10.3. The van der Waals surface area contributed by atoms with Gasteiger partial charge in [-0.1, -0.05) is 13.2 Å². The van der Waals surface area contributed by atoms with Crippen molar-refractivity contribution < 1.29 is 23.8 Å². The molecule has 0 aliphatic rings. The third-order valence-electron chi connectivity index (χ3n) is 2.52. The maximum absolute atomic E-state index is 11.3. The quantitative estimate of drug-likeness (QED) is 0.396. The van der Waals surface area contributed by atoms with E-state index in [9.17, 15) is 9.59 Å². The Hall–Kier alpha value is -2.21. The molecule has 0 fully saturated rings. The number of ether oxygens (including phenoxy) is 3. The number of carbonyl (C=O) groups is 2. The smallest absolute Gasteiger partial charge is 0.330 e. The fourth-order valence-corrected chi connectivity index (χ4v) is 1.83. The standard InChI is InChI=1S/C16H18O5S/c1-4-15(17)20-11-13(21-16(18)5-2)10-19-12-6-8-14(22-3)9-7-12/h4-9,13H,1-2,10-11H2,3H3. The van der Waals surface area contributed by atoms with Gasteiger partial charge in [0, 0.05) is 17.0 Å². The number of esters is 2. The molecule has 0 aromatic heterocycles. The van der Waals surface area contributed by atoms with Crippen LogP contribution < -0.4 is 4.74 Å². The van der Waals surface area contributed by atoms with Crippen molar-refractivity contribution in [3.63, 3.8) is 0 Å². The molecule has 0 radical (unpaired) electrons. The van der Waals surface area contributed by atoms with E-state index in [1.165, 1.54) is 0 Å². The summed E-state index contributed by atoms with van der Waals surface area (Å²) in [4.78, 5) is 23.5. The van der Waals surface area contributed by atoms with Crippen molar-refractivity contribution in [2.45, 2.75) is 11.0 Å². The molecule has 0 saturated heterocycles. The van der Waals surface area contributed by atoms with E-state index in [4.69, 9.17) is 14.2 Å². The van der Waals surface area contributed by atoms with Gasteiger partial charge in [-0.25, -0.2) is 9.59 Å². The van der Waals surface area contributed by atoms with Crippen LogP contribution in [0.1, 0.15) is 0 Å². The molecule has 1 atom stereocenters. The summed E-state index contributed by atoms with van der Waals surface area (Å²) in [6, 6.07) is 7.47. The summed E-state index contributed by atoms with van der Waals surface area (Å²) in [5, 5.41) is 0. The van der Waals surface area contributed by atoms with Crippen LogP contribution in [-0.2, 0) is 19.1 Å². The first-order chi connectivity index (χ1) is 10.6. The van der Waals surface area contributed by atoms with Crippen LogP contribution in [0.3, 0.4) is 0 Å². The molecule has 22 heavy (non-hydrogen) atoms. The minimum Gasteiger partial charge on any atom is -0.490 e. The topological polar surface area (TPSA) is 61.8 Å². The second kappa shape index (κ2) is 9.68. The molecule has 0 heterocycles. The third kappa shape index (κ3) is 6.49. The summed E-state index contributed by atoms with van der Waals surface area (Å²) < 4.78 is 15.5. The molecule has 0 amide bonds. The number of benzene rings is 1. The maximum atomic E-state index is 11.3. The molecule has 0 spiro atoms. The van der Waals surface area contributed by atoms with E-state index in [0.29, 0.717) is 5.75 Å². The van der Waals surface area contributed by atoms with E-state index in [1.54, 1.807) is 11.8 Å². The highest BCUT2D eigenvalue weighted by Crippen LogP contribution is 2.19. The summed E-state index contributed by atoms with van der Waals surface area (Å²) in [6.45, 7) is 6.56. The van der Waals surface area contributed by atoms with E-state index in [2.05, 4.69) is 13.2 Å². The molecule has 6 heteroatoms. The summed E-state index contributed by atoms with van der Waals surface area (Å²) in [7, 11) is 0. The normalized spacial score (nSPS) is 11.1. The van der Waals surface area contributed by atoms with E-state index in [0.717, 1.165) is 17.0 Å². The maximum Gasteiger partial charge on any atom is 0.330 e. The third-order valence-corrected chi connectivity index (χ3v) is 3.27. The monoisotopic (exact) mass is 322 g/mol. The zero-order valence-corrected chi connectivity index (χ0v) is 13.1. The van der Waals surface area contributed by atoms with Crippen molar-refractivity contribution in [3.05, 3.63) is 49.6 Å². The summed E-state index contributed by atoms with van der Waals surface area (Å²) in [6.07, 6.45) is 3.33. The van der Waals surface area contributed by atoms with Crippen LogP contribution >= 0.6 is 11.8 Å². The van der Waals surface area contributed by atoms with Crippen LogP contribution in [0.5, 0.6) is 5.75 Å². The van der Waals surface area contributed by atoms with Gasteiger partial charge in [-0.05, 0) is 30.5 Å².